The Morgan fingerprint density at radius 3 is 2.36 bits per heavy atom. The average Bonchev–Trinajstić information content (AvgIpc) is 2.67. The zero-order valence-corrected chi connectivity index (χ0v) is 18.2. The van der Waals surface area contributed by atoms with Gasteiger partial charge in [0.1, 0.15) is 11.4 Å². The van der Waals surface area contributed by atoms with Crippen LogP contribution in [0.1, 0.15) is 60.8 Å². The minimum atomic E-state index is -0.850. The number of fused-ring (bicyclic) bond motifs is 1. The van der Waals surface area contributed by atoms with E-state index in [9.17, 15) is 4.79 Å². The van der Waals surface area contributed by atoms with Gasteiger partial charge in [0.05, 0.1) is 6.10 Å². The van der Waals surface area contributed by atoms with Crippen LogP contribution in [0, 0.1) is 5.92 Å². The lowest BCUT2D eigenvalue weighted by Gasteiger charge is -2.30. The molecule has 28 heavy (non-hydrogen) atoms. The van der Waals surface area contributed by atoms with Crippen LogP contribution in [0.15, 0.2) is 36.4 Å². The molecule has 0 unspecified atom stereocenters. The first kappa shape index (κ1) is 22.2. The van der Waals surface area contributed by atoms with E-state index in [0.717, 1.165) is 35.1 Å². The minimum Gasteiger partial charge on any atom is -0.490 e. The Morgan fingerprint density at radius 1 is 1.07 bits per heavy atom. The van der Waals surface area contributed by atoms with E-state index >= 15 is 0 Å². The second-order valence-corrected chi connectivity index (χ2v) is 8.12. The van der Waals surface area contributed by atoms with Gasteiger partial charge in [0.15, 0.2) is 0 Å². The fourth-order valence-corrected chi connectivity index (χ4v) is 3.36. The number of carbonyl (C=O) groups excluding carboxylic acids is 1. The molecule has 0 saturated heterocycles. The average molecular weight is 386 g/mol. The van der Waals surface area contributed by atoms with Crippen LogP contribution in [0.25, 0.3) is 10.8 Å². The molecular weight excluding hydrogens is 350 g/mol. The SMILES string of the molecule is CCCO[C@@](C)(CC(C)C)C(=O)Nc1ccc(O[C@@H](C)CC)c2ccccc12. The van der Waals surface area contributed by atoms with Gasteiger partial charge in [0, 0.05) is 23.1 Å². The molecule has 1 amide bonds. The van der Waals surface area contributed by atoms with E-state index in [2.05, 4.69) is 39.9 Å². The summed E-state index contributed by atoms with van der Waals surface area (Å²) in [6.45, 7) is 12.9. The Labute approximate surface area is 169 Å². The molecule has 0 aliphatic rings. The topological polar surface area (TPSA) is 47.6 Å². The van der Waals surface area contributed by atoms with Crippen LogP contribution in [-0.2, 0) is 9.53 Å². The Hall–Kier alpha value is -2.07. The highest BCUT2D eigenvalue weighted by molar-refractivity contribution is 6.06. The summed E-state index contributed by atoms with van der Waals surface area (Å²) in [4.78, 5) is 13.2. The maximum atomic E-state index is 13.2. The quantitative estimate of drug-likeness (QED) is 0.531. The zero-order chi connectivity index (χ0) is 20.7. The summed E-state index contributed by atoms with van der Waals surface area (Å²) in [5.41, 5.74) is -0.0656. The van der Waals surface area contributed by atoms with Gasteiger partial charge in [-0.3, -0.25) is 4.79 Å². The molecule has 0 aliphatic heterocycles. The van der Waals surface area contributed by atoms with E-state index in [4.69, 9.17) is 9.47 Å². The highest BCUT2D eigenvalue weighted by Gasteiger charge is 2.35. The number of benzene rings is 2. The van der Waals surface area contributed by atoms with Gasteiger partial charge >= 0.3 is 0 Å². The molecule has 0 bridgehead atoms. The first-order chi connectivity index (χ1) is 13.3. The normalized spacial score (nSPS) is 14.7. The lowest BCUT2D eigenvalue weighted by atomic mass is 9.92. The van der Waals surface area contributed by atoms with Crippen LogP contribution >= 0.6 is 0 Å². The predicted octanol–water partition coefficient (Wildman–Crippen LogP) is 6.19. The van der Waals surface area contributed by atoms with Crippen molar-refractivity contribution >= 4 is 22.4 Å². The molecule has 0 aliphatic carbocycles. The summed E-state index contributed by atoms with van der Waals surface area (Å²) in [6.07, 6.45) is 2.63. The number of hydrogen-bond donors (Lipinski definition) is 1. The predicted molar refractivity (Wildman–Crippen MR) is 117 cm³/mol. The lowest BCUT2D eigenvalue weighted by molar-refractivity contribution is -0.141. The third kappa shape index (κ3) is 5.48. The third-order valence-electron chi connectivity index (χ3n) is 4.94. The number of amides is 1. The van der Waals surface area contributed by atoms with Crippen LogP contribution in [-0.4, -0.2) is 24.2 Å². The van der Waals surface area contributed by atoms with E-state index in [1.807, 2.05) is 43.3 Å². The fraction of sp³-hybridized carbons (Fsp3) is 0.542. The smallest absolute Gasteiger partial charge is 0.256 e. The van der Waals surface area contributed by atoms with Gasteiger partial charge < -0.3 is 14.8 Å². The maximum absolute atomic E-state index is 13.2. The molecule has 0 saturated carbocycles. The molecule has 4 heteroatoms. The van der Waals surface area contributed by atoms with Crippen molar-refractivity contribution in [1.82, 2.24) is 0 Å². The highest BCUT2D eigenvalue weighted by atomic mass is 16.5. The molecule has 2 rings (SSSR count). The number of ether oxygens (including phenoxy) is 2. The monoisotopic (exact) mass is 385 g/mol. The van der Waals surface area contributed by atoms with E-state index in [1.165, 1.54) is 0 Å². The van der Waals surface area contributed by atoms with Gasteiger partial charge in [-0.15, -0.1) is 0 Å². The molecule has 0 fully saturated rings. The van der Waals surface area contributed by atoms with Crippen LogP contribution in [0.2, 0.25) is 0 Å². The maximum Gasteiger partial charge on any atom is 0.256 e. The summed E-state index contributed by atoms with van der Waals surface area (Å²) in [5, 5.41) is 5.09. The molecular formula is C24H35NO3. The Kier molecular flexibility index (Phi) is 7.88. The van der Waals surface area contributed by atoms with Crippen molar-refractivity contribution < 1.29 is 14.3 Å². The number of anilines is 1. The fourth-order valence-electron chi connectivity index (χ4n) is 3.36. The molecule has 1 N–H and O–H groups in total. The first-order valence-corrected chi connectivity index (χ1v) is 10.4. The van der Waals surface area contributed by atoms with Crippen LogP contribution < -0.4 is 10.1 Å². The molecule has 2 aromatic carbocycles. The van der Waals surface area contributed by atoms with Crippen molar-refractivity contribution in [1.29, 1.82) is 0 Å². The molecule has 0 radical (unpaired) electrons. The van der Waals surface area contributed by atoms with Crippen molar-refractivity contribution in [2.45, 2.75) is 72.5 Å². The second-order valence-electron chi connectivity index (χ2n) is 8.12. The molecule has 0 heterocycles. The van der Waals surface area contributed by atoms with Gasteiger partial charge in [0.25, 0.3) is 5.91 Å². The Morgan fingerprint density at radius 2 is 1.75 bits per heavy atom. The lowest BCUT2D eigenvalue weighted by Crippen LogP contribution is -2.44. The number of carbonyl (C=O) groups is 1. The zero-order valence-electron chi connectivity index (χ0n) is 18.2. The first-order valence-electron chi connectivity index (χ1n) is 10.4. The van der Waals surface area contributed by atoms with Crippen molar-refractivity contribution in [3.8, 4) is 5.75 Å². The molecule has 2 aromatic rings. The van der Waals surface area contributed by atoms with Crippen LogP contribution in [0.3, 0.4) is 0 Å². The number of nitrogens with one attached hydrogen (secondary N) is 1. The van der Waals surface area contributed by atoms with Gasteiger partial charge in [-0.2, -0.15) is 0 Å². The molecule has 0 aromatic heterocycles. The van der Waals surface area contributed by atoms with Crippen LogP contribution in [0.5, 0.6) is 5.75 Å². The number of hydrogen-bond acceptors (Lipinski definition) is 3. The van der Waals surface area contributed by atoms with Gasteiger partial charge in [-0.1, -0.05) is 52.0 Å². The summed E-state index contributed by atoms with van der Waals surface area (Å²) >= 11 is 0. The molecule has 2 atom stereocenters. The minimum absolute atomic E-state index is 0.101. The van der Waals surface area contributed by atoms with Crippen molar-refractivity contribution in [2.75, 3.05) is 11.9 Å². The summed E-state index contributed by atoms with van der Waals surface area (Å²) in [5.74, 6) is 1.10. The van der Waals surface area contributed by atoms with Gasteiger partial charge in [0.2, 0.25) is 0 Å². The highest BCUT2D eigenvalue weighted by Crippen LogP contribution is 2.33. The second kappa shape index (κ2) is 9.92. The van der Waals surface area contributed by atoms with E-state index in [-0.39, 0.29) is 12.0 Å². The van der Waals surface area contributed by atoms with Crippen LogP contribution in [0.4, 0.5) is 5.69 Å². The Bertz CT molecular complexity index is 787. The Balaban J connectivity index is 2.34. The van der Waals surface area contributed by atoms with Gasteiger partial charge in [-0.25, -0.2) is 0 Å². The van der Waals surface area contributed by atoms with E-state index in [0.29, 0.717) is 18.9 Å². The van der Waals surface area contributed by atoms with Crippen molar-refractivity contribution in [3.05, 3.63) is 36.4 Å². The molecule has 0 spiro atoms. The summed E-state index contributed by atoms with van der Waals surface area (Å²) in [7, 11) is 0. The van der Waals surface area contributed by atoms with Crippen molar-refractivity contribution in [2.24, 2.45) is 5.92 Å². The standard InChI is InChI=1S/C24H35NO3/c1-7-15-27-24(6,16-17(3)4)23(26)25-21-13-14-22(28-18(5)8-2)20-12-10-9-11-19(20)21/h9-14,17-18H,7-8,15-16H2,1-6H3,(H,25,26)/t18-,24-/m0/s1. The van der Waals surface area contributed by atoms with E-state index in [1.54, 1.807) is 0 Å². The summed E-state index contributed by atoms with van der Waals surface area (Å²) in [6, 6.07) is 11.9. The third-order valence-corrected chi connectivity index (χ3v) is 4.94. The van der Waals surface area contributed by atoms with Gasteiger partial charge in [-0.05, 0) is 51.2 Å². The summed E-state index contributed by atoms with van der Waals surface area (Å²) < 4.78 is 12.1. The van der Waals surface area contributed by atoms with E-state index < -0.39 is 5.60 Å². The molecule has 4 nitrogen and oxygen atoms in total. The molecule has 154 valence electrons. The largest absolute Gasteiger partial charge is 0.490 e. The number of rotatable bonds is 10. The van der Waals surface area contributed by atoms with Crippen molar-refractivity contribution in [3.63, 3.8) is 0 Å².